The molecule has 1 N–H and O–H groups in total. The highest BCUT2D eigenvalue weighted by Gasteiger charge is 2.30. The summed E-state index contributed by atoms with van der Waals surface area (Å²) in [5, 5.41) is 3.21. The number of carbonyl (C=O) groups is 1. The lowest BCUT2D eigenvalue weighted by atomic mass is 10.3. The van der Waals surface area contributed by atoms with E-state index in [-0.39, 0.29) is 6.61 Å². The van der Waals surface area contributed by atoms with Crippen molar-refractivity contribution >= 4 is 17.7 Å². The molecule has 20 heavy (non-hydrogen) atoms. The maximum atomic E-state index is 12.4. The SMILES string of the molecule is CCOC(=O)C(CSc1ccc(C(F)(F)F)cn1)NC. The Labute approximate surface area is 119 Å². The lowest BCUT2D eigenvalue weighted by Gasteiger charge is -2.14. The van der Waals surface area contributed by atoms with Crippen LogP contribution >= 0.6 is 11.8 Å². The van der Waals surface area contributed by atoms with Gasteiger partial charge in [-0.1, -0.05) is 0 Å². The second-order valence-corrected chi connectivity index (χ2v) is 4.83. The van der Waals surface area contributed by atoms with Gasteiger partial charge in [0.25, 0.3) is 0 Å². The predicted molar refractivity (Wildman–Crippen MR) is 69.4 cm³/mol. The van der Waals surface area contributed by atoms with Crippen LogP contribution in [0.5, 0.6) is 0 Å². The summed E-state index contributed by atoms with van der Waals surface area (Å²) >= 11 is 1.18. The third-order valence-corrected chi connectivity index (χ3v) is 3.42. The van der Waals surface area contributed by atoms with Gasteiger partial charge in [-0.2, -0.15) is 13.2 Å². The van der Waals surface area contributed by atoms with Crippen molar-refractivity contribution < 1.29 is 22.7 Å². The van der Waals surface area contributed by atoms with Crippen molar-refractivity contribution in [1.82, 2.24) is 10.3 Å². The first-order valence-electron chi connectivity index (χ1n) is 5.88. The molecule has 1 atom stereocenters. The second-order valence-electron chi connectivity index (χ2n) is 3.79. The summed E-state index contributed by atoms with van der Waals surface area (Å²) in [7, 11) is 1.61. The molecule has 1 rings (SSSR count). The highest BCUT2D eigenvalue weighted by atomic mass is 32.2. The molecule has 0 aliphatic carbocycles. The lowest BCUT2D eigenvalue weighted by Crippen LogP contribution is -2.37. The average molecular weight is 308 g/mol. The van der Waals surface area contributed by atoms with Crippen molar-refractivity contribution in [2.24, 2.45) is 0 Å². The molecule has 1 aromatic heterocycles. The first-order chi connectivity index (χ1) is 9.38. The number of hydrogen-bond donors (Lipinski definition) is 1. The van der Waals surface area contributed by atoms with E-state index < -0.39 is 23.8 Å². The van der Waals surface area contributed by atoms with Gasteiger partial charge < -0.3 is 10.1 Å². The molecule has 0 aliphatic rings. The molecule has 0 saturated carbocycles. The van der Waals surface area contributed by atoms with Gasteiger partial charge in [0.1, 0.15) is 6.04 Å². The molecule has 0 spiro atoms. The third-order valence-electron chi connectivity index (χ3n) is 2.38. The number of alkyl halides is 3. The average Bonchev–Trinajstić information content (AvgIpc) is 2.39. The number of rotatable bonds is 6. The third kappa shape index (κ3) is 5.01. The fourth-order valence-electron chi connectivity index (χ4n) is 1.31. The van der Waals surface area contributed by atoms with Gasteiger partial charge in [-0.3, -0.25) is 4.79 Å². The van der Waals surface area contributed by atoms with E-state index in [1.807, 2.05) is 0 Å². The molecule has 0 fully saturated rings. The highest BCUT2D eigenvalue weighted by molar-refractivity contribution is 7.99. The number of thioether (sulfide) groups is 1. The van der Waals surface area contributed by atoms with Crippen molar-refractivity contribution in [2.75, 3.05) is 19.4 Å². The molecule has 0 aliphatic heterocycles. The number of carbonyl (C=O) groups excluding carboxylic acids is 1. The molecule has 1 unspecified atom stereocenters. The summed E-state index contributed by atoms with van der Waals surface area (Å²) in [6, 6.07) is 1.73. The maximum Gasteiger partial charge on any atom is 0.417 e. The first kappa shape index (κ1) is 16.8. The predicted octanol–water partition coefficient (Wildman–Crippen LogP) is 2.34. The van der Waals surface area contributed by atoms with Crippen LogP contribution in [-0.4, -0.2) is 36.4 Å². The molecular weight excluding hydrogens is 293 g/mol. The van der Waals surface area contributed by atoms with Gasteiger partial charge in [-0.05, 0) is 26.1 Å². The number of esters is 1. The Kier molecular flexibility index (Phi) is 6.28. The zero-order valence-corrected chi connectivity index (χ0v) is 11.8. The van der Waals surface area contributed by atoms with Crippen LogP contribution in [0.25, 0.3) is 0 Å². The molecule has 8 heteroatoms. The van der Waals surface area contributed by atoms with Gasteiger partial charge >= 0.3 is 12.1 Å². The van der Waals surface area contributed by atoms with E-state index in [1.165, 1.54) is 17.8 Å². The summed E-state index contributed by atoms with van der Waals surface area (Å²) < 4.78 is 41.9. The Hall–Kier alpha value is -1.28. The van der Waals surface area contributed by atoms with E-state index in [4.69, 9.17) is 4.74 Å². The fourth-order valence-corrected chi connectivity index (χ4v) is 2.25. The number of nitrogens with one attached hydrogen (secondary N) is 1. The molecule has 4 nitrogen and oxygen atoms in total. The maximum absolute atomic E-state index is 12.4. The number of halogens is 3. The van der Waals surface area contributed by atoms with Gasteiger partial charge in [0.2, 0.25) is 0 Å². The Morgan fingerprint density at radius 2 is 2.20 bits per heavy atom. The largest absolute Gasteiger partial charge is 0.465 e. The van der Waals surface area contributed by atoms with Crippen molar-refractivity contribution in [3.63, 3.8) is 0 Å². The quantitative estimate of drug-likeness (QED) is 0.646. The number of hydrogen-bond acceptors (Lipinski definition) is 5. The number of pyridine rings is 1. The van der Waals surface area contributed by atoms with E-state index in [9.17, 15) is 18.0 Å². The van der Waals surface area contributed by atoms with Crippen LogP contribution in [0.4, 0.5) is 13.2 Å². The standard InChI is InChI=1S/C12H15F3N2O2S/c1-3-19-11(18)9(16-2)7-20-10-5-4-8(6-17-10)12(13,14)15/h4-6,9,16H,3,7H2,1-2H3. The summed E-state index contributed by atoms with van der Waals surface area (Å²) in [4.78, 5) is 15.2. The Morgan fingerprint density at radius 1 is 1.50 bits per heavy atom. The summed E-state index contributed by atoms with van der Waals surface area (Å²) in [6.07, 6.45) is -3.62. The Bertz CT molecular complexity index is 437. The molecule has 0 amide bonds. The van der Waals surface area contributed by atoms with Crippen molar-refractivity contribution in [1.29, 1.82) is 0 Å². The minimum atomic E-state index is -4.39. The number of ether oxygens (including phenoxy) is 1. The van der Waals surface area contributed by atoms with Gasteiger partial charge in [0.05, 0.1) is 17.2 Å². The van der Waals surface area contributed by atoms with Crippen molar-refractivity contribution in [2.45, 2.75) is 24.2 Å². The molecule has 1 heterocycles. The monoisotopic (exact) mass is 308 g/mol. The van der Waals surface area contributed by atoms with Crippen molar-refractivity contribution in [3.05, 3.63) is 23.9 Å². The van der Waals surface area contributed by atoms with Crippen LogP contribution < -0.4 is 5.32 Å². The molecule has 1 aromatic rings. The number of likely N-dealkylation sites (N-methyl/N-ethyl adjacent to an activating group) is 1. The first-order valence-corrected chi connectivity index (χ1v) is 6.87. The Morgan fingerprint density at radius 3 is 2.65 bits per heavy atom. The van der Waals surface area contributed by atoms with Gasteiger partial charge in [0, 0.05) is 11.9 Å². The van der Waals surface area contributed by atoms with E-state index in [0.29, 0.717) is 10.8 Å². The lowest BCUT2D eigenvalue weighted by molar-refractivity contribution is -0.144. The molecule has 112 valence electrons. The minimum Gasteiger partial charge on any atom is -0.465 e. The van der Waals surface area contributed by atoms with Crippen LogP contribution in [0.15, 0.2) is 23.4 Å². The Balaban J connectivity index is 2.58. The number of aromatic nitrogens is 1. The summed E-state index contributed by atoms with van der Waals surface area (Å²) in [5.41, 5.74) is -0.794. The van der Waals surface area contributed by atoms with E-state index in [0.717, 1.165) is 12.3 Å². The molecular formula is C12H15F3N2O2S. The van der Waals surface area contributed by atoms with Gasteiger partial charge in [-0.15, -0.1) is 11.8 Å². The van der Waals surface area contributed by atoms with Crippen LogP contribution in [0.1, 0.15) is 12.5 Å². The topological polar surface area (TPSA) is 51.2 Å². The van der Waals surface area contributed by atoms with Crippen LogP contribution in [-0.2, 0) is 15.7 Å². The minimum absolute atomic E-state index is 0.278. The molecule has 0 radical (unpaired) electrons. The molecule has 0 aromatic carbocycles. The number of nitrogens with zero attached hydrogens (tertiary/aromatic N) is 1. The summed E-state index contributed by atoms with van der Waals surface area (Å²) in [5.74, 6) is -0.0670. The van der Waals surface area contributed by atoms with Crippen molar-refractivity contribution in [3.8, 4) is 0 Å². The smallest absolute Gasteiger partial charge is 0.417 e. The summed E-state index contributed by atoms with van der Waals surface area (Å²) in [6.45, 7) is 1.98. The highest BCUT2D eigenvalue weighted by Crippen LogP contribution is 2.29. The van der Waals surface area contributed by atoms with Crippen LogP contribution in [0.3, 0.4) is 0 Å². The van der Waals surface area contributed by atoms with Gasteiger partial charge in [-0.25, -0.2) is 4.98 Å². The zero-order valence-electron chi connectivity index (χ0n) is 11.0. The second kappa shape index (κ2) is 7.49. The molecule has 0 bridgehead atoms. The normalized spacial score (nSPS) is 13.1. The van der Waals surface area contributed by atoms with E-state index >= 15 is 0 Å². The zero-order chi connectivity index (χ0) is 15.2. The van der Waals surface area contributed by atoms with E-state index in [1.54, 1.807) is 14.0 Å². The van der Waals surface area contributed by atoms with Crippen LogP contribution in [0, 0.1) is 0 Å². The van der Waals surface area contributed by atoms with Gasteiger partial charge in [0.15, 0.2) is 0 Å². The molecule has 0 saturated heterocycles. The van der Waals surface area contributed by atoms with Crippen LogP contribution in [0.2, 0.25) is 0 Å². The fraction of sp³-hybridized carbons (Fsp3) is 0.500. The van der Waals surface area contributed by atoms with E-state index in [2.05, 4.69) is 10.3 Å².